The van der Waals surface area contributed by atoms with Crippen LogP contribution in [0, 0.1) is 0 Å². The number of methoxy groups -OCH3 is 1. The highest BCUT2D eigenvalue weighted by atomic mass is 32.2. The first-order valence-electron chi connectivity index (χ1n) is 7.65. The molecule has 1 atom stereocenters. The van der Waals surface area contributed by atoms with Crippen molar-refractivity contribution in [2.24, 2.45) is 0 Å². The minimum atomic E-state index is -3.79. The molecule has 134 valence electrons. The number of anilines is 1. The van der Waals surface area contributed by atoms with Gasteiger partial charge in [0.1, 0.15) is 0 Å². The molecule has 0 spiro atoms. The smallest absolute Gasteiger partial charge is 0.337 e. The van der Waals surface area contributed by atoms with Crippen LogP contribution in [-0.4, -0.2) is 59.0 Å². The fraction of sp³-hybridized carbons (Fsp3) is 0.533. The molecule has 0 radical (unpaired) electrons. The number of ether oxygens (including phenoxy) is 2. The third-order valence-corrected chi connectivity index (χ3v) is 5.10. The molecule has 0 amide bonds. The maximum Gasteiger partial charge on any atom is 0.337 e. The number of hydrogen-bond acceptors (Lipinski definition) is 6. The Bertz CT molecular complexity index is 671. The van der Waals surface area contributed by atoms with Gasteiger partial charge in [-0.2, -0.15) is 0 Å². The summed E-state index contributed by atoms with van der Waals surface area (Å²) in [6, 6.07) is 3.97. The fourth-order valence-electron chi connectivity index (χ4n) is 2.40. The van der Waals surface area contributed by atoms with Gasteiger partial charge in [-0.15, -0.1) is 0 Å². The first kappa shape index (κ1) is 18.7. The van der Waals surface area contributed by atoms with E-state index in [1.165, 1.54) is 19.2 Å². The molecule has 2 rings (SSSR count). The van der Waals surface area contributed by atoms with E-state index in [0.29, 0.717) is 25.4 Å². The average molecular weight is 358 g/mol. The molecule has 0 aromatic heterocycles. The van der Waals surface area contributed by atoms with Crippen LogP contribution < -0.4 is 10.0 Å². The number of aromatic carboxylic acids is 1. The number of sulfonamides is 1. The van der Waals surface area contributed by atoms with Gasteiger partial charge in [-0.3, -0.25) is 0 Å². The van der Waals surface area contributed by atoms with Gasteiger partial charge in [0.05, 0.1) is 23.2 Å². The van der Waals surface area contributed by atoms with E-state index in [4.69, 9.17) is 9.47 Å². The Morgan fingerprint density at radius 1 is 1.46 bits per heavy atom. The molecule has 1 aliphatic heterocycles. The summed E-state index contributed by atoms with van der Waals surface area (Å²) < 4.78 is 37.4. The molecule has 1 fully saturated rings. The Morgan fingerprint density at radius 2 is 2.25 bits per heavy atom. The predicted octanol–water partition coefficient (Wildman–Crippen LogP) is 0.900. The molecule has 1 aliphatic rings. The Labute approximate surface area is 141 Å². The average Bonchev–Trinajstić information content (AvgIpc) is 3.07. The molecule has 1 unspecified atom stereocenters. The van der Waals surface area contributed by atoms with E-state index in [0.717, 1.165) is 18.9 Å². The molecular formula is C15H22N2O6S. The summed E-state index contributed by atoms with van der Waals surface area (Å²) >= 11 is 0. The second-order valence-corrected chi connectivity index (χ2v) is 7.19. The minimum absolute atomic E-state index is 0.0878. The Morgan fingerprint density at radius 3 is 2.88 bits per heavy atom. The van der Waals surface area contributed by atoms with E-state index >= 15 is 0 Å². The standard InChI is InChI=1S/C15H22N2O6S/c1-22-8-6-16-14-5-4-12(9-13(14)15(18)19)24(20,21)17-10-11-3-2-7-23-11/h4-5,9,11,16-17H,2-3,6-8,10H2,1H3,(H,18,19). The van der Waals surface area contributed by atoms with E-state index < -0.39 is 16.0 Å². The van der Waals surface area contributed by atoms with Gasteiger partial charge in [0.15, 0.2) is 0 Å². The lowest BCUT2D eigenvalue weighted by Gasteiger charge is -2.14. The topological polar surface area (TPSA) is 114 Å². The Hall–Kier alpha value is -1.68. The van der Waals surface area contributed by atoms with Crippen molar-refractivity contribution in [1.29, 1.82) is 0 Å². The Kier molecular flexibility index (Phi) is 6.55. The number of benzene rings is 1. The van der Waals surface area contributed by atoms with Crippen LogP contribution in [0.3, 0.4) is 0 Å². The quantitative estimate of drug-likeness (QED) is 0.562. The first-order chi connectivity index (χ1) is 11.4. The number of hydrogen-bond donors (Lipinski definition) is 3. The summed E-state index contributed by atoms with van der Waals surface area (Å²) in [6.45, 7) is 1.64. The van der Waals surface area contributed by atoms with Crippen molar-refractivity contribution in [3.8, 4) is 0 Å². The Balaban J connectivity index is 2.13. The number of rotatable bonds is 9. The summed E-state index contributed by atoms with van der Waals surface area (Å²) in [7, 11) is -2.25. The van der Waals surface area contributed by atoms with Gasteiger partial charge in [0, 0.05) is 32.5 Å². The zero-order chi connectivity index (χ0) is 17.6. The van der Waals surface area contributed by atoms with Crippen LogP contribution >= 0.6 is 0 Å². The van der Waals surface area contributed by atoms with Crippen molar-refractivity contribution < 1.29 is 27.8 Å². The molecule has 1 heterocycles. The molecule has 1 aromatic carbocycles. The lowest BCUT2D eigenvalue weighted by atomic mass is 10.2. The van der Waals surface area contributed by atoms with Crippen LogP contribution in [-0.2, 0) is 19.5 Å². The summed E-state index contributed by atoms with van der Waals surface area (Å²) in [5.41, 5.74) is 0.240. The van der Waals surface area contributed by atoms with E-state index in [1.807, 2.05) is 0 Å². The lowest BCUT2D eigenvalue weighted by molar-refractivity contribution is 0.0697. The van der Waals surface area contributed by atoms with Crippen LogP contribution in [0.15, 0.2) is 23.1 Å². The van der Waals surface area contributed by atoms with Crippen molar-refractivity contribution in [3.63, 3.8) is 0 Å². The summed E-state index contributed by atoms with van der Waals surface area (Å²) in [6.07, 6.45) is 1.59. The minimum Gasteiger partial charge on any atom is -0.478 e. The zero-order valence-corrected chi connectivity index (χ0v) is 14.3. The molecule has 0 bridgehead atoms. The van der Waals surface area contributed by atoms with Gasteiger partial charge in [-0.25, -0.2) is 17.9 Å². The highest BCUT2D eigenvalue weighted by molar-refractivity contribution is 7.89. The summed E-state index contributed by atoms with van der Waals surface area (Å²) in [5, 5.41) is 12.2. The van der Waals surface area contributed by atoms with E-state index in [2.05, 4.69) is 10.0 Å². The van der Waals surface area contributed by atoms with Crippen molar-refractivity contribution in [2.75, 3.05) is 38.7 Å². The maximum absolute atomic E-state index is 12.3. The van der Waals surface area contributed by atoms with Gasteiger partial charge in [0.25, 0.3) is 0 Å². The van der Waals surface area contributed by atoms with Gasteiger partial charge >= 0.3 is 5.97 Å². The summed E-state index contributed by atoms with van der Waals surface area (Å²) in [4.78, 5) is 11.3. The fourth-order valence-corrected chi connectivity index (χ4v) is 3.49. The molecule has 3 N–H and O–H groups in total. The molecule has 0 saturated carbocycles. The maximum atomic E-state index is 12.3. The van der Waals surface area contributed by atoms with Gasteiger partial charge in [0.2, 0.25) is 10.0 Å². The van der Waals surface area contributed by atoms with Gasteiger partial charge in [-0.05, 0) is 31.0 Å². The third kappa shape index (κ3) is 4.91. The molecule has 8 nitrogen and oxygen atoms in total. The van der Waals surface area contributed by atoms with E-state index in [1.54, 1.807) is 0 Å². The highest BCUT2D eigenvalue weighted by Gasteiger charge is 2.22. The number of nitrogens with one attached hydrogen (secondary N) is 2. The van der Waals surface area contributed by atoms with Gasteiger partial charge < -0.3 is 19.9 Å². The van der Waals surface area contributed by atoms with Gasteiger partial charge in [-0.1, -0.05) is 0 Å². The molecule has 1 saturated heterocycles. The van der Waals surface area contributed by atoms with Crippen LogP contribution in [0.1, 0.15) is 23.2 Å². The molecule has 1 aromatic rings. The third-order valence-electron chi connectivity index (χ3n) is 3.68. The van der Waals surface area contributed by atoms with Crippen LogP contribution in [0.2, 0.25) is 0 Å². The monoisotopic (exact) mass is 358 g/mol. The van der Waals surface area contributed by atoms with Crippen molar-refractivity contribution in [2.45, 2.75) is 23.8 Å². The largest absolute Gasteiger partial charge is 0.478 e. The molecule has 24 heavy (non-hydrogen) atoms. The second-order valence-electron chi connectivity index (χ2n) is 5.42. The second kappa shape index (κ2) is 8.43. The van der Waals surface area contributed by atoms with Crippen molar-refractivity contribution in [1.82, 2.24) is 4.72 Å². The molecular weight excluding hydrogens is 336 g/mol. The highest BCUT2D eigenvalue weighted by Crippen LogP contribution is 2.21. The number of carboxylic acids is 1. The van der Waals surface area contributed by atoms with Crippen LogP contribution in [0.5, 0.6) is 0 Å². The molecule has 0 aliphatic carbocycles. The van der Waals surface area contributed by atoms with E-state index in [-0.39, 0.29) is 23.1 Å². The van der Waals surface area contributed by atoms with Crippen LogP contribution in [0.25, 0.3) is 0 Å². The number of carboxylic acid groups (broad SMARTS) is 1. The van der Waals surface area contributed by atoms with E-state index in [9.17, 15) is 18.3 Å². The zero-order valence-electron chi connectivity index (χ0n) is 13.4. The first-order valence-corrected chi connectivity index (χ1v) is 9.14. The predicted molar refractivity (Wildman–Crippen MR) is 87.9 cm³/mol. The molecule has 9 heteroatoms. The van der Waals surface area contributed by atoms with Crippen LogP contribution in [0.4, 0.5) is 5.69 Å². The normalized spacial score (nSPS) is 17.8. The number of carbonyl (C=O) groups is 1. The lowest BCUT2D eigenvalue weighted by Crippen LogP contribution is -2.32. The van der Waals surface area contributed by atoms with Crippen molar-refractivity contribution in [3.05, 3.63) is 23.8 Å². The van der Waals surface area contributed by atoms with Crippen molar-refractivity contribution >= 4 is 21.7 Å². The SMILES string of the molecule is COCCNc1ccc(S(=O)(=O)NCC2CCCO2)cc1C(=O)O. The summed E-state index contributed by atoms with van der Waals surface area (Å²) in [5.74, 6) is -1.20.